The molecule has 2 heterocycles. The van der Waals surface area contributed by atoms with Gasteiger partial charge in [-0.25, -0.2) is 9.07 Å². The Morgan fingerprint density at radius 1 is 1.00 bits per heavy atom. The van der Waals surface area contributed by atoms with E-state index in [-0.39, 0.29) is 11.2 Å². The van der Waals surface area contributed by atoms with Crippen molar-refractivity contribution in [2.45, 2.75) is 6.92 Å². The number of benzene rings is 2. The number of hydrogen-bond donors (Lipinski definition) is 0. The minimum atomic E-state index is -0.463. The van der Waals surface area contributed by atoms with Crippen molar-refractivity contribution in [3.05, 3.63) is 76.6 Å². The summed E-state index contributed by atoms with van der Waals surface area (Å²) in [6.07, 6.45) is 1.53. The molecule has 0 spiro atoms. The lowest BCUT2D eigenvalue weighted by Gasteiger charge is -2.11. The highest BCUT2D eigenvalue weighted by Crippen LogP contribution is 2.23. The van der Waals surface area contributed by atoms with E-state index in [1.807, 2.05) is 6.07 Å². The zero-order chi connectivity index (χ0) is 18.3. The van der Waals surface area contributed by atoms with Crippen molar-refractivity contribution < 1.29 is 9.13 Å². The predicted molar refractivity (Wildman–Crippen MR) is 95.7 cm³/mol. The molecule has 0 saturated carbocycles. The van der Waals surface area contributed by atoms with E-state index in [4.69, 9.17) is 4.74 Å². The second kappa shape index (κ2) is 6.11. The van der Waals surface area contributed by atoms with E-state index < -0.39 is 11.4 Å². The SMILES string of the molecule is COc1ccccc1-n1nc(C)c2cnn(-c3ccccc3F)c2c1=O. The molecule has 0 fully saturated rings. The van der Waals surface area contributed by atoms with Crippen LogP contribution in [0, 0.1) is 12.7 Å². The van der Waals surface area contributed by atoms with Gasteiger partial charge in [0.2, 0.25) is 0 Å². The van der Waals surface area contributed by atoms with E-state index in [0.29, 0.717) is 22.5 Å². The van der Waals surface area contributed by atoms with E-state index in [0.717, 1.165) is 0 Å². The third kappa shape index (κ3) is 2.36. The summed E-state index contributed by atoms with van der Waals surface area (Å²) in [5.74, 6) is 0.0491. The first kappa shape index (κ1) is 16.0. The fraction of sp³-hybridized carbons (Fsp3) is 0.105. The number of halogens is 1. The summed E-state index contributed by atoms with van der Waals surface area (Å²) in [5.41, 5.74) is 1.17. The standard InChI is InChI=1S/C19H15FN4O2/c1-12-13-11-21-23(15-8-4-3-7-14(15)20)18(13)19(25)24(22-12)16-9-5-6-10-17(16)26-2/h3-11H,1-2H3. The Hall–Kier alpha value is -3.48. The van der Waals surface area contributed by atoms with Gasteiger partial charge in [0.1, 0.15) is 28.5 Å². The number of aryl methyl sites for hydroxylation is 1. The van der Waals surface area contributed by atoms with E-state index in [1.54, 1.807) is 43.3 Å². The van der Waals surface area contributed by atoms with Crippen molar-refractivity contribution in [3.63, 3.8) is 0 Å². The van der Waals surface area contributed by atoms with Crippen LogP contribution in [0.3, 0.4) is 0 Å². The monoisotopic (exact) mass is 350 g/mol. The average molecular weight is 350 g/mol. The van der Waals surface area contributed by atoms with Gasteiger partial charge in [0.15, 0.2) is 0 Å². The molecule has 2 aromatic carbocycles. The Balaban J connectivity index is 2.07. The highest BCUT2D eigenvalue weighted by atomic mass is 19.1. The number of nitrogens with zero attached hydrogens (tertiary/aromatic N) is 4. The molecular formula is C19H15FN4O2. The lowest BCUT2D eigenvalue weighted by molar-refractivity contribution is 0.411. The van der Waals surface area contributed by atoms with Crippen molar-refractivity contribution in [2.24, 2.45) is 0 Å². The van der Waals surface area contributed by atoms with Gasteiger partial charge in [-0.1, -0.05) is 24.3 Å². The summed E-state index contributed by atoms with van der Waals surface area (Å²) in [6.45, 7) is 1.78. The molecule has 4 aromatic rings. The normalized spacial score (nSPS) is 11.0. The third-order valence-electron chi connectivity index (χ3n) is 4.20. The van der Waals surface area contributed by atoms with Crippen LogP contribution in [0.2, 0.25) is 0 Å². The molecule has 0 saturated heterocycles. The molecule has 0 atom stereocenters. The fourth-order valence-electron chi connectivity index (χ4n) is 2.94. The number of aromatic nitrogens is 4. The lowest BCUT2D eigenvalue weighted by Crippen LogP contribution is -2.24. The van der Waals surface area contributed by atoms with E-state index >= 15 is 0 Å². The molecule has 6 nitrogen and oxygen atoms in total. The number of ether oxygens (including phenoxy) is 1. The number of rotatable bonds is 3. The highest BCUT2D eigenvalue weighted by Gasteiger charge is 2.18. The van der Waals surface area contributed by atoms with Crippen molar-refractivity contribution in [3.8, 4) is 17.1 Å². The van der Waals surface area contributed by atoms with Gasteiger partial charge in [0, 0.05) is 5.39 Å². The van der Waals surface area contributed by atoms with Crippen LogP contribution in [-0.4, -0.2) is 26.7 Å². The highest BCUT2D eigenvalue weighted by molar-refractivity contribution is 5.81. The first-order chi connectivity index (χ1) is 12.6. The molecule has 0 bridgehead atoms. The Bertz CT molecular complexity index is 1180. The van der Waals surface area contributed by atoms with E-state index in [2.05, 4.69) is 10.2 Å². The van der Waals surface area contributed by atoms with E-state index in [1.165, 1.54) is 28.7 Å². The number of methoxy groups -OCH3 is 1. The number of fused-ring (bicyclic) bond motifs is 1. The Morgan fingerprint density at radius 3 is 2.42 bits per heavy atom. The molecule has 0 radical (unpaired) electrons. The topological polar surface area (TPSA) is 61.9 Å². The van der Waals surface area contributed by atoms with Gasteiger partial charge in [-0.05, 0) is 31.2 Å². The minimum Gasteiger partial charge on any atom is -0.494 e. The van der Waals surface area contributed by atoms with Crippen LogP contribution in [0.5, 0.6) is 5.75 Å². The number of hydrogen-bond acceptors (Lipinski definition) is 4. The molecule has 0 N–H and O–H groups in total. The summed E-state index contributed by atoms with van der Waals surface area (Å²) in [5, 5.41) is 9.18. The van der Waals surface area contributed by atoms with Crippen LogP contribution in [-0.2, 0) is 0 Å². The van der Waals surface area contributed by atoms with Crippen LogP contribution in [0.1, 0.15) is 5.69 Å². The molecule has 0 aliphatic rings. The largest absolute Gasteiger partial charge is 0.494 e. The van der Waals surface area contributed by atoms with E-state index in [9.17, 15) is 9.18 Å². The first-order valence-corrected chi connectivity index (χ1v) is 7.98. The fourth-order valence-corrected chi connectivity index (χ4v) is 2.94. The van der Waals surface area contributed by atoms with Crippen LogP contribution >= 0.6 is 0 Å². The molecule has 0 unspecified atom stereocenters. The summed E-state index contributed by atoms with van der Waals surface area (Å²) in [4.78, 5) is 13.2. The predicted octanol–water partition coefficient (Wildman–Crippen LogP) is 3.03. The molecule has 4 rings (SSSR count). The maximum atomic E-state index is 14.2. The molecule has 130 valence electrons. The van der Waals surface area contributed by atoms with Crippen molar-refractivity contribution in [1.82, 2.24) is 19.6 Å². The number of para-hydroxylation sites is 3. The molecule has 26 heavy (non-hydrogen) atoms. The Morgan fingerprint density at radius 2 is 1.69 bits per heavy atom. The van der Waals surface area contributed by atoms with Gasteiger partial charge in [0.25, 0.3) is 5.56 Å². The summed E-state index contributed by atoms with van der Waals surface area (Å²) in [6, 6.07) is 13.3. The van der Waals surface area contributed by atoms with Gasteiger partial charge in [0.05, 0.1) is 19.0 Å². The van der Waals surface area contributed by atoms with Crippen LogP contribution in [0.25, 0.3) is 22.3 Å². The lowest BCUT2D eigenvalue weighted by atomic mass is 10.2. The maximum absolute atomic E-state index is 14.2. The van der Waals surface area contributed by atoms with Crippen LogP contribution in [0.15, 0.2) is 59.5 Å². The third-order valence-corrected chi connectivity index (χ3v) is 4.20. The molecule has 7 heteroatoms. The second-order valence-electron chi connectivity index (χ2n) is 5.74. The first-order valence-electron chi connectivity index (χ1n) is 7.98. The molecule has 0 amide bonds. The van der Waals surface area contributed by atoms with Crippen LogP contribution < -0.4 is 10.3 Å². The molecular weight excluding hydrogens is 335 g/mol. The quantitative estimate of drug-likeness (QED) is 0.570. The maximum Gasteiger partial charge on any atom is 0.298 e. The molecule has 2 aromatic heterocycles. The zero-order valence-electron chi connectivity index (χ0n) is 14.2. The van der Waals surface area contributed by atoms with Gasteiger partial charge in [-0.15, -0.1) is 0 Å². The van der Waals surface area contributed by atoms with Gasteiger partial charge in [-0.3, -0.25) is 4.79 Å². The second-order valence-corrected chi connectivity index (χ2v) is 5.74. The molecule has 0 aliphatic carbocycles. The minimum absolute atomic E-state index is 0.205. The van der Waals surface area contributed by atoms with Gasteiger partial charge >= 0.3 is 0 Å². The van der Waals surface area contributed by atoms with Gasteiger partial charge in [-0.2, -0.15) is 14.9 Å². The van der Waals surface area contributed by atoms with Crippen molar-refractivity contribution in [1.29, 1.82) is 0 Å². The summed E-state index contributed by atoms with van der Waals surface area (Å²) in [7, 11) is 1.53. The smallest absolute Gasteiger partial charge is 0.298 e. The molecule has 0 aliphatic heterocycles. The van der Waals surface area contributed by atoms with Gasteiger partial charge < -0.3 is 4.74 Å². The van der Waals surface area contributed by atoms with Crippen molar-refractivity contribution >= 4 is 10.9 Å². The summed E-state index contributed by atoms with van der Waals surface area (Å²) < 4.78 is 22.2. The Labute approximate surface area is 148 Å². The van der Waals surface area contributed by atoms with Crippen LogP contribution in [0.4, 0.5) is 4.39 Å². The zero-order valence-corrected chi connectivity index (χ0v) is 14.2. The van der Waals surface area contributed by atoms with Crippen molar-refractivity contribution in [2.75, 3.05) is 7.11 Å². The average Bonchev–Trinajstić information content (AvgIpc) is 3.11. The summed E-state index contributed by atoms with van der Waals surface area (Å²) >= 11 is 0. The Kier molecular flexibility index (Phi) is 3.76.